The highest BCUT2D eigenvalue weighted by atomic mass is 16.5. The zero-order chi connectivity index (χ0) is 12.0. The molecule has 0 fully saturated rings. The summed E-state index contributed by atoms with van der Waals surface area (Å²) in [5, 5.41) is 9.59. The number of aliphatic hydroxyl groups excluding tert-OH is 1. The Morgan fingerprint density at radius 3 is 2.81 bits per heavy atom. The van der Waals surface area contributed by atoms with Gasteiger partial charge in [-0.2, -0.15) is 0 Å². The number of ether oxygens (including phenoxy) is 1. The van der Waals surface area contributed by atoms with E-state index in [0.29, 0.717) is 17.9 Å². The fraction of sp³-hybridized carbons (Fsp3) is 0.286. The third kappa shape index (κ3) is 3.45. The molecule has 0 aliphatic carbocycles. The maximum atomic E-state index is 9.59. The summed E-state index contributed by atoms with van der Waals surface area (Å²) in [4.78, 5) is 0. The second kappa shape index (κ2) is 5.99. The normalized spacial score (nSPS) is 11.4. The maximum Gasteiger partial charge on any atom is 0.143 e. The molecule has 16 heavy (non-hydrogen) atoms. The Labute approximate surface area is 96.6 Å². The Balaban J connectivity index is 2.80. The van der Waals surface area contributed by atoms with Crippen molar-refractivity contribution in [1.82, 2.24) is 0 Å². The van der Waals surface area contributed by atoms with Crippen LogP contribution < -0.4 is 4.74 Å². The lowest BCUT2D eigenvalue weighted by molar-refractivity contribution is 0.230. The molecule has 1 atom stereocenters. The van der Waals surface area contributed by atoms with Gasteiger partial charge in [-0.25, -0.2) is 0 Å². The highest BCUT2D eigenvalue weighted by molar-refractivity contribution is 5.38. The van der Waals surface area contributed by atoms with E-state index in [1.165, 1.54) is 5.57 Å². The average Bonchev–Trinajstić information content (AvgIpc) is 2.28. The lowest BCUT2D eigenvalue weighted by atomic mass is 10.1. The van der Waals surface area contributed by atoms with Gasteiger partial charge in [-0.1, -0.05) is 29.7 Å². The fourth-order valence-corrected chi connectivity index (χ4v) is 1.23. The first kappa shape index (κ1) is 12.4. The van der Waals surface area contributed by atoms with Crippen LogP contribution in [0.2, 0.25) is 0 Å². The van der Waals surface area contributed by atoms with E-state index < -0.39 is 6.10 Å². The van der Waals surface area contributed by atoms with Crippen molar-refractivity contribution in [1.29, 1.82) is 0 Å². The summed E-state index contributed by atoms with van der Waals surface area (Å²) in [5.41, 5.74) is 1.82. The molecule has 1 aromatic rings. The predicted octanol–water partition coefficient (Wildman–Crippen LogP) is 2.70. The molecule has 0 bridgehead atoms. The van der Waals surface area contributed by atoms with Crippen LogP contribution in [0.3, 0.4) is 0 Å². The van der Waals surface area contributed by atoms with Crippen molar-refractivity contribution in [2.45, 2.75) is 20.0 Å². The third-order valence-electron chi connectivity index (χ3n) is 2.10. The smallest absolute Gasteiger partial charge is 0.143 e. The van der Waals surface area contributed by atoms with Gasteiger partial charge in [0.1, 0.15) is 18.5 Å². The second-order valence-corrected chi connectivity index (χ2v) is 3.70. The minimum Gasteiger partial charge on any atom is -0.489 e. The van der Waals surface area contributed by atoms with Crippen molar-refractivity contribution in [3.63, 3.8) is 0 Å². The molecule has 1 N–H and O–H groups in total. The van der Waals surface area contributed by atoms with E-state index in [0.717, 1.165) is 0 Å². The van der Waals surface area contributed by atoms with Crippen LogP contribution in [0.1, 0.15) is 25.5 Å². The van der Waals surface area contributed by atoms with Gasteiger partial charge in [0.05, 0.1) is 0 Å². The Hall–Kier alpha value is -1.72. The molecular weight excluding hydrogens is 200 g/mol. The van der Waals surface area contributed by atoms with Gasteiger partial charge < -0.3 is 9.84 Å². The molecule has 1 unspecified atom stereocenters. The summed E-state index contributed by atoms with van der Waals surface area (Å²) in [5.74, 6) is 2.91. The summed E-state index contributed by atoms with van der Waals surface area (Å²) in [7, 11) is 0. The highest BCUT2D eigenvalue weighted by Crippen LogP contribution is 2.24. The SMILES string of the molecule is C#CC(O)c1ccccc1OCC=C(C)C. The van der Waals surface area contributed by atoms with E-state index in [9.17, 15) is 5.11 Å². The molecule has 0 radical (unpaired) electrons. The van der Waals surface area contributed by atoms with E-state index in [-0.39, 0.29) is 0 Å². The van der Waals surface area contributed by atoms with Crippen LogP contribution in [0.25, 0.3) is 0 Å². The van der Waals surface area contributed by atoms with Crippen molar-refractivity contribution in [2.75, 3.05) is 6.61 Å². The van der Waals surface area contributed by atoms with Gasteiger partial charge in [-0.15, -0.1) is 6.42 Å². The van der Waals surface area contributed by atoms with Crippen LogP contribution in [0.4, 0.5) is 0 Å². The summed E-state index contributed by atoms with van der Waals surface area (Å²) >= 11 is 0. The molecule has 0 amide bonds. The Bertz CT molecular complexity index is 409. The average molecular weight is 216 g/mol. The van der Waals surface area contributed by atoms with Crippen LogP contribution >= 0.6 is 0 Å². The largest absolute Gasteiger partial charge is 0.489 e. The summed E-state index contributed by atoms with van der Waals surface area (Å²) in [6.45, 7) is 4.49. The topological polar surface area (TPSA) is 29.5 Å². The molecule has 1 aromatic carbocycles. The molecule has 0 aliphatic rings. The molecule has 1 rings (SSSR count). The molecule has 2 heteroatoms. The van der Waals surface area contributed by atoms with E-state index >= 15 is 0 Å². The van der Waals surface area contributed by atoms with Crippen LogP contribution in [0.5, 0.6) is 5.75 Å². The molecule has 0 saturated carbocycles. The monoisotopic (exact) mass is 216 g/mol. The second-order valence-electron chi connectivity index (χ2n) is 3.70. The number of aliphatic hydroxyl groups is 1. The van der Waals surface area contributed by atoms with E-state index in [2.05, 4.69) is 5.92 Å². The molecule has 0 saturated heterocycles. The fourth-order valence-electron chi connectivity index (χ4n) is 1.23. The Morgan fingerprint density at radius 1 is 1.50 bits per heavy atom. The summed E-state index contributed by atoms with van der Waals surface area (Å²) in [6, 6.07) is 7.24. The van der Waals surface area contributed by atoms with Crippen LogP contribution in [0.15, 0.2) is 35.9 Å². The van der Waals surface area contributed by atoms with Gasteiger partial charge in [0, 0.05) is 5.56 Å². The third-order valence-corrected chi connectivity index (χ3v) is 2.10. The number of allylic oxidation sites excluding steroid dienone is 1. The zero-order valence-electron chi connectivity index (χ0n) is 9.60. The van der Waals surface area contributed by atoms with Gasteiger partial charge in [0.25, 0.3) is 0 Å². The van der Waals surface area contributed by atoms with E-state index in [1.807, 2.05) is 32.1 Å². The highest BCUT2D eigenvalue weighted by Gasteiger charge is 2.09. The molecule has 84 valence electrons. The van der Waals surface area contributed by atoms with Gasteiger partial charge in [0.2, 0.25) is 0 Å². The van der Waals surface area contributed by atoms with Gasteiger partial charge >= 0.3 is 0 Å². The number of benzene rings is 1. The molecular formula is C14H16O2. The minimum atomic E-state index is -0.914. The standard InChI is InChI=1S/C14H16O2/c1-4-13(15)12-7-5-6-8-14(12)16-10-9-11(2)3/h1,5-9,13,15H,10H2,2-3H3. The lowest BCUT2D eigenvalue weighted by Gasteiger charge is -2.11. The van der Waals surface area contributed by atoms with Crippen molar-refractivity contribution in [3.8, 4) is 18.1 Å². The summed E-state index contributed by atoms with van der Waals surface area (Å²) in [6.07, 6.45) is 6.24. The number of terminal acetylenes is 1. The van der Waals surface area contributed by atoms with Crippen LogP contribution in [0, 0.1) is 12.3 Å². The minimum absolute atomic E-state index is 0.483. The molecule has 2 nitrogen and oxygen atoms in total. The van der Waals surface area contributed by atoms with Crippen molar-refractivity contribution in [2.24, 2.45) is 0 Å². The number of rotatable bonds is 4. The molecule has 0 aromatic heterocycles. The quantitative estimate of drug-likeness (QED) is 0.619. The van der Waals surface area contributed by atoms with Crippen molar-refractivity contribution >= 4 is 0 Å². The Kier molecular flexibility index (Phi) is 4.63. The number of hydrogen-bond acceptors (Lipinski definition) is 2. The predicted molar refractivity (Wildman–Crippen MR) is 65.2 cm³/mol. The summed E-state index contributed by atoms with van der Waals surface area (Å²) < 4.78 is 5.54. The number of para-hydroxylation sites is 1. The first-order valence-corrected chi connectivity index (χ1v) is 5.14. The first-order valence-electron chi connectivity index (χ1n) is 5.14. The van der Waals surface area contributed by atoms with Crippen LogP contribution in [-0.2, 0) is 0 Å². The van der Waals surface area contributed by atoms with Gasteiger partial charge in [0.15, 0.2) is 0 Å². The zero-order valence-corrected chi connectivity index (χ0v) is 9.60. The number of hydrogen-bond donors (Lipinski definition) is 1. The Morgan fingerprint density at radius 2 is 2.19 bits per heavy atom. The van der Waals surface area contributed by atoms with Crippen molar-refractivity contribution < 1.29 is 9.84 Å². The van der Waals surface area contributed by atoms with Gasteiger partial charge in [-0.3, -0.25) is 0 Å². The molecule has 0 aliphatic heterocycles. The van der Waals surface area contributed by atoms with Crippen molar-refractivity contribution in [3.05, 3.63) is 41.5 Å². The molecule has 0 heterocycles. The van der Waals surface area contributed by atoms with Crippen LogP contribution in [-0.4, -0.2) is 11.7 Å². The van der Waals surface area contributed by atoms with E-state index in [1.54, 1.807) is 12.1 Å². The van der Waals surface area contributed by atoms with E-state index in [4.69, 9.17) is 11.2 Å². The lowest BCUT2D eigenvalue weighted by Crippen LogP contribution is -2.01. The first-order chi connectivity index (χ1) is 7.65. The maximum absolute atomic E-state index is 9.59. The molecule has 0 spiro atoms. The van der Waals surface area contributed by atoms with Gasteiger partial charge in [-0.05, 0) is 26.0 Å².